The predicted octanol–water partition coefficient (Wildman–Crippen LogP) is 2.10. The van der Waals surface area contributed by atoms with E-state index < -0.39 is 10.0 Å². The number of rotatable bonds is 6. The maximum absolute atomic E-state index is 12.3. The lowest BCUT2D eigenvalue weighted by Gasteiger charge is -2.19. The molecule has 0 aliphatic heterocycles. The minimum Gasteiger partial charge on any atom is -0.325 e. The summed E-state index contributed by atoms with van der Waals surface area (Å²) in [5, 5.41) is 2.77. The first-order valence-electron chi connectivity index (χ1n) is 7.47. The minimum absolute atomic E-state index is 0.104. The van der Waals surface area contributed by atoms with Crippen LogP contribution in [0.5, 0.6) is 0 Å². The number of nitrogens with one attached hydrogen (secondary N) is 1. The highest BCUT2D eigenvalue weighted by Crippen LogP contribution is 2.16. The van der Waals surface area contributed by atoms with Crippen LogP contribution in [0.2, 0.25) is 0 Å². The van der Waals surface area contributed by atoms with Crippen LogP contribution >= 0.6 is 0 Å². The first-order valence-corrected chi connectivity index (χ1v) is 9.31. The molecule has 24 heavy (non-hydrogen) atoms. The van der Waals surface area contributed by atoms with Crippen molar-refractivity contribution >= 4 is 21.6 Å². The van der Waals surface area contributed by atoms with Gasteiger partial charge >= 0.3 is 0 Å². The van der Waals surface area contributed by atoms with E-state index in [0.717, 1.165) is 27.3 Å². The summed E-state index contributed by atoms with van der Waals surface area (Å²) in [5.41, 5.74) is 3.43. The van der Waals surface area contributed by atoms with Gasteiger partial charge in [0, 0.05) is 24.6 Å². The maximum Gasteiger partial charge on any atom is 0.239 e. The molecule has 6 nitrogen and oxygen atoms in total. The Morgan fingerprint density at radius 3 is 2.58 bits per heavy atom. The molecule has 1 amide bonds. The summed E-state index contributed by atoms with van der Waals surface area (Å²) in [6.07, 6.45) is 4.29. The lowest BCUT2D eigenvalue weighted by Crippen LogP contribution is -2.37. The molecule has 0 atom stereocenters. The summed E-state index contributed by atoms with van der Waals surface area (Å²) in [4.78, 5) is 16.2. The van der Waals surface area contributed by atoms with Gasteiger partial charge < -0.3 is 5.32 Å². The van der Waals surface area contributed by atoms with Crippen molar-refractivity contribution < 1.29 is 13.2 Å². The zero-order valence-corrected chi connectivity index (χ0v) is 14.8. The molecule has 1 aromatic carbocycles. The fourth-order valence-corrected chi connectivity index (χ4v) is 3.02. The van der Waals surface area contributed by atoms with Crippen molar-refractivity contribution in [2.75, 3.05) is 18.1 Å². The third kappa shape index (κ3) is 5.14. The van der Waals surface area contributed by atoms with Gasteiger partial charge in [0.1, 0.15) is 0 Å². The van der Waals surface area contributed by atoms with Crippen LogP contribution in [0.15, 0.2) is 42.7 Å². The summed E-state index contributed by atoms with van der Waals surface area (Å²) in [7, 11) is -3.52. The second-order valence-electron chi connectivity index (χ2n) is 5.76. The Hall–Kier alpha value is -2.25. The lowest BCUT2D eigenvalue weighted by molar-refractivity contribution is -0.116. The Labute approximate surface area is 142 Å². The lowest BCUT2D eigenvalue weighted by atomic mass is 10.1. The van der Waals surface area contributed by atoms with Gasteiger partial charge in [-0.05, 0) is 37.1 Å². The van der Waals surface area contributed by atoms with E-state index in [9.17, 15) is 13.2 Å². The first kappa shape index (κ1) is 18.1. The number of aryl methyl sites for hydroxylation is 2. The van der Waals surface area contributed by atoms with Crippen LogP contribution in [0, 0.1) is 13.8 Å². The Morgan fingerprint density at radius 2 is 2.00 bits per heavy atom. The highest BCUT2D eigenvalue weighted by atomic mass is 32.2. The van der Waals surface area contributed by atoms with Crippen LogP contribution in [0.3, 0.4) is 0 Å². The number of hydrogen-bond acceptors (Lipinski definition) is 4. The molecule has 0 radical (unpaired) electrons. The molecular formula is C17H21N3O3S. The number of nitrogens with zero attached hydrogens (tertiary/aromatic N) is 2. The van der Waals surface area contributed by atoms with Gasteiger partial charge in [0.2, 0.25) is 15.9 Å². The van der Waals surface area contributed by atoms with Gasteiger partial charge in [0.05, 0.1) is 12.8 Å². The largest absolute Gasteiger partial charge is 0.325 e. The van der Waals surface area contributed by atoms with Gasteiger partial charge in [-0.1, -0.05) is 23.8 Å². The molecule has 0 spiro atoms. The highest BCUT2D eigenvalue weighted by molar-refractivity contribution is 7.88. The van der Waals surface area contributed by atoms with Crippen LogP contribution in [0.4, 0.5) is 5.69 Å². The summed E-state index contributed by atoms with van der Waals surface area (Å²) in [6, 6.07) is 9.17. The molecule has 0 saturated heterocycles. The number of amides is 1. The van der Waals surface area contributed by atoms with E-state index in [1.165, 1.54) is 0 Å². The Morgan fingerprint density at radius 1 is 1.25 bits per heavy atom. The van der Waals surface area contributed by atoms with E-state index in [2.05, 4.69) is 10.3 Å². The smallest absolute Gasteiger partial charge is 0.239 e. The number of anilines is 1. The molecular weight excluding hydrogens is 326 g/mol. The van der Waals surface area contributed by atoms with E-state index in [0.29, 0.717) is 5.69 Å². The number of carbonyl (C=O) groups is 1. The number of carbonyl (C=O) groups excluding carboxylic acids is 1. The SMILES string of the molecule is Cc1ccc(NC(=O)CN(Cc2cccnc2)S(C)(=O)=O)c(C)c1. The van der Waals surface area contributed by atoms with E-state index in [-0.39, 0.29) is 19.0 Å². The van der Waals surface area contributed by atoms with Gasteiger partial charge in [-0.2, -0.15) is 4.31 Å². The van der Waals surface area contributed by atoms with Crippen LogP contribution < -0.4 is 5.32 Å². The Kier molecular flexibility index (Phi) is 5.69. The van der Waals surface area contributed by atoms with Crippen LogP contribution in [0.25, 0.3) is 0 Å². The fraction of sp³-hybridized carbons (Fsp3) is 0.294. The number of pyridine rings is 1. The summed E-state index contributed by atoms with van der Waals surface area (Å²) in [6.45, 7) is 3.72. The van der Waals surface area contributed by atoms with Crippen molar-refractivity contribution in [3.63, 3.8) is 0 Å². The molecule has 7 heteroatoms. The number of aromatic nitrogens is 1. The predicted molar refractivity (Wildman–Crippen MR) is 94.0 cm³/mol. The van der Waals surface area contributed by atoms with E-state index in [1.54, 1.807) is 24.5 Å². The van der Waals surface area contributed by atoms with Crippen molar-refractivity contribution in [1.29, 1.82) is 0 Å². The van der Waals surface area contributed by atoms with Crippen LogP contribution in [-0.4, -0.2) is 36.4 Å². The van der Waals surface area contributed by atoms with Crippen molar-refractivity contribution in [3.05, 3.63) is 59.4 Å². The van der Waals surface area contributed by atoms with Crippen molar-refractivity contribution in [2.45, 2.75) is 20.4 Å². The van der Waals surface area contributed by atoms with Crippen molar-refractivity contribution in [3.8, 4) is 0 Å². The topological polar surface area (TPSA) is 79.4 Å². The number of sulfonamides is 1. The fourth-order valence-electron chi connectivity index (χ4n) is 2.29. The quantitative estimate of drug-likeness (QED) is 0.868. The molecule has 1 heterocycles. The summed E-state index contributed by atoms with van der Waals surface area (Å²) in [5.74, 6) is -0.378. The van der Waals surface area contributed by atoms with Crippen molar-refractivity contribution in [1.82, 2.24) is 9.29 Å². The second-order valence-corrected chi connectivity index (χ2v) is 7.74. The van der Waals surface area contributed by atoms with Crippen molar-refractivity contribution in [2.24, 2.45) is 0 Å². The highest BCUT2D eigenvalue weighted by Gasteiger charge is 2.21. The van der Waals surface area contributed by atoms with E-state index in [1.807, 2.05) is 32.0 Å². The first-order chi connectivity index (χ1) is 11.3. The van der Waals surface area contributed by atoms with E-state index >= 15 is 0 Å². The van der Waals surface area contributed by atoms with E-state index in [4.69, 9.17) is 0 Å². The van der Waals surface area contributed by atoms with Gasteiger partial charge in [-0.25, -0.2) is 8.42 Å². The zero-order chi connectivity index (χ0) is 17.7. The average molecular weight is 347 g/mol. The third-order valence-electron chi connectivity index (χ3n) is 3.53. The van der Waals surface area contributed by atoms with Crippen LogP contribution in [0.1, 0.15) is 16.7 Å². The zero-order valence-electron chi connectivity index (χ0n) is 14.0. The molecule has 1 aromatic heterocycles. The van der Waals surface area contributed by atoms with Crippen LogP contribution in [-0.2, 0) is 21.4 Å². The number of benzene rings is 1. The molecule has 0 aliphatic carbocycles. The summed E-state index contributed by atoms with van der Waals surface area (Å²) < 4.78 is 25.0. The summed E-state index contributed by atoms with van der Waals surface area (Å²) >= 11 is 0. The molecule has 0 saturated carbocycles. The third-order valence-corrected chi connectivity index (χ3v) is 4.72. The Bertz CT molecular complexity index is 820. The average Bonchev–Trinajstić information content (AvgIpc) is 2.49. The monoisotopic (exact) mass is 347 g/mol. The molecule has 0 bridgehead atoms. The molecule has 0 fully saturated rings. The maximum atomic E-state index is 12.3. The second kappa shape index (κ2) is 7.55. The van der Waals surface area contributed by atoms with Gasteiger partial charge in [0.25, 0.3) is 0 Å². The molecule has 128 valence electrons. The normalized spacial score (nSPS) is 11.5. The number of hydrogen-bond donors (Lipinski definition) is 1. The molecule has 0 unspecified atom stereocenters. The Balaban J connectivity index is 2.10. The molecule has 0 aliphatic rings. The van der Waals surface area contributed by atoms with Gasteiger partial charge in [-0.3, -0.25) is 9.78 Å². The minimum atomic E-state index is -3.52. The standard InChI is InChI=1S/C17H21N3O3S/c1-13-6-7-16(14(2)9-13)19-17(21)12-20(24(3,22)23)11-15-5-4-8-18-10-15/h4-10H,11-12H2,1-3H3,(H,19,21). The molecule has 2 aromatic rings. The van der Waals surface area contributed by atoms with Gasteiger partial charge in [0.15, 0.2) is 0 Å². The van der Waals surface area contributed by atoms with Gasteiger partial charge in [-0.15, -0.1) is 0 Å². The molecule has 1 N–H and O–H groups in total. The molecule has 2 rings (SSSR count).